The maximum atomic E-state index is 4.64. The lowest BCUT2D eigenvalue weighted by Gasteiger charge is -2.14. The first-order chi connectivity index (χ1) is 10.2. The Morgan fingerprint density at radius 3 is 1.48 bits per heavy atom. The van der Waals surface area contributed by atoms with Gasteiger partial charge in [-0.15, -0.1) is 0 Å². The average Bonchev–Trinajstić information content (AvgIpc) is 2.56. The molecule has 1 heterocycles. The Labute approximate surface area is 124 Å². The predicted molar refractivity (Wildman–Crippen MR) is 87.2 cm³/mol. The second kappa shape index (κ2) is 5.75. The fourth-order valence-electron chi connectivity index (χ4n) is 2.15. The van der Waals surface area contributed by atoms with Crippen molar-refractivity contribution in [3.8, 4) is 22.5 Å². The van der Waals surface area contributed by atoms with Gasteiger partial charge in [-0.2, -0.15) is 0 Å². The van der Waals surface area contributed by atoms with E-state index in [1.807, 2.05) is 61.5 Å². The van der Waals surface area contributed by atoms with Crippen molar-refractivity contribution in [1.29, 1.82) is 0 Å². The van der Waals surface area contributed by atoms with E-state index in [2.05, 4.69) is 34.2 Å². The van der Waals surface area contributed by atoms with E-state index in [0.717, 1.165) is 28.5 Å². The van der Waals surface area contributed by atoms with Gasteiger partial charge in [0.1, 0.15) is 0 Å². The molecule has 0 saturated carbocycles. The largest absolute Gasteiger partial charge is 0.347 e. The van der Waals surface area contributed by atoms with Crippen molar-refractivity contribution in [2.45, 2.75) is 0 Å². The zero-order valence-electron chi connectivity index (χ0n) is 12.2. The van der Waals surface area contributed by atoms with Gasteiger partial charge in [0.15, 0.2) is 0 Å². The molecule has 0 N–H and O–H groups in total. The summed E-state index contributed by atoms with van der Waals surface area (Å²) in [6, 6.07) is 22.4. The van der Waals surface area contributed by atoms with Gasteiger partial charge in [-0.05, 0) is 6.07 Å². The highest BCUT2D eigenvalue weighted by Crippen LogP contribution is 2.25. The second-order valence-corrected chi connectivity index (χ2v) is 5.06. The Morgan fingerprint density at radius 2 is 1.10 bits per heavy atom. The third-order valence-corrected chi connectivity index (χ3v) is 3.25. The number of hydrogen-bond donors (Lipinski definition) is 0. The Kier molecular flexibility index (Phi) is 3.65. The zero-order chi connectivity index (χ0) is 14.7. The van der Waals surface area contributed by atoms with E-state index in [1.54, 1.807) is 0 Å². The van der Waals surface area contributed by atoms with E-state index < -0.39 is 0 Å². The van der Waals surface area contributed by atoms with Gasteiger partial charge < -0.3 is 4.90 Å². The van der Waals surface area contributed by atoms with E-state index in [4.69, 9.17) is 0 Å². The van der Waals surface area contributed by atoms with E-state index >= 15 is 0 Å². The van der Waals surface area contributed by atoms with Crippen LogP contribution in [0, 0.1) is 0 Å². The van der Waals surface area contributed by atoms with Gasteiger partial charge in [-0.1, -0.05) is 60.7 Å². The summed E-state index contributed by atoms with van der Waals surface area (Å²) >= 11 is 0. The topological polar surface area (TPSA) is 29.0 Å². The summed E-state index contributed by atoms with van der Waals surface area (Å²) in [6.07, 6.45) is 0. The third kappa shape index (κ3) is 2.92. The maximum absolute atomic E-state index is 4.64. The molecular formula is C18H17N3. The van der Waals surface area contributed by atoms with Crippen molar-refractivity contribution in [1.82, 2.24) is 9.97 Å². The molecule has 3 nitrogen and oxygen atoms in total. The summed E-state index contributed by atoms with van der Waals surface area (Å²) in [6.45, 7) is 0. The SMILES string of the molecule is CN(C)c1nc(-c2ccccc2)cc(-c2ccccc2)n1. The van der Waals surface area contributed by atoms with Crippen molar-refractivity contribution in [3.63, 3.8) is 0 Å². The lowest BCUT2D eigenvalue weighted by Crippen LogP contribution is -2.13. The Hall–Kier alpha value is -2.68. The quantitative estimate of drug-likeness (QED) is 0.726. The molecule has 0 fully saturated rings. The van der Waals surface area contributed by atoms with E-state index in [9.17, 15) is 0 Å². The molecule has 0 aliphatic rings. The monoisotopic (exact) mass is 275 g/mol. The normalized spacial score (nSPS) is 10.4. The fourth-order valence-corrected chi connectivity index (χ4v) is 2.15. The lowest BCUT2D eigenvalue weighted by molar-refractivity contribution is 1.00. The molecule has 0 atom stereocenters. The van der Waals surface area contributed by atoms with Crippen LogP contribution in [-0.4, -0.2) is 24.1 Å². The molecule has 0 aliphatic carbocycles. The van der Waals surface area contributed by atoms with Crippen LogP contribution in [-0.2, 0) is 0 Å². The Morgan fingerprint density at radius 1 is 0.667 bits per heavy atom. The lowest BCUT2D eigenvalue weighted by atomic mass is 10.1. The van der Waals surface area contributed by atoms with E-state index in [1.165, 1.54) is 0 Å². The first-order valence-corrected chi connectivity index (χ1v) is 6.91. The molecule has 0 bridgehead atoms. The number of hydrogen-bond acceptors (Lipinski definition) is 3. The molecule has 2 aromatic carbocycles. The van der Waals surface area contributed by atoms with Crippen LogP contribution in [0.3, 0.4) is 0 Å². The van der Waals surface area contributed by atoms with Crippen LogP contribution < -0.4 is 4.90 Å². The van der Waals surface area contributed by atoms with Gasteiger partial charge in [0.05, 0.1) is 11.4 Å². The van der Waals surface area contributed by atoms with Gasteiger partial charge in [0.25, 0.3) is 0 Å². The first-order valence-electron chi connectivity index (χ1n) is 6.91. The zero-order valence-corrected chi connectivity index (χ0v) is 12.2. The Bertz CT molecular complexity index is 664. The molecule has 3 aromatic rings. The van der Waals surface area contributed by atoms with Gasteiger partial charge in [0.2, 0.25) is 5.95 Å². The number of rotatable bonds is 3. The minimum atomic E-state index is 0.718. The van der Waals surface area contributed by atoms with Crippen LogP contribution in [0.5, 0.6) is 0 Å². The molecule has 0 radical (unpaired) electrons. The fraction of sp³-hybridized carbons (Fsp3) is 0.111. The Balaban J connectivity index is 2.16. The summed E-state index contributed by atoms with van der Waals surface area (Å²) in [4.78, 5) is 11.2. The van der Waals surface area contributed by atoms with Crippen LogP contribution in [0.25, 0.3) is 22.5 Å². The summed E-state index contributed by atoms with van der Waals surface area (Å²) in [5.41, 5.74) is 4.07. The summed E-state index contributed by atoms with van der Waals surface area (Å²) in [7, 11) is 3.91. The number of nitrogens with zero attached hydrogens (tertiary/aromatic N) is 3. The molecule has 0 amide bonds. The molecule has 0 aliphatic heterocycles. The number of aromatic nitrogens is 2. The highest BCUT2D eigenvalue weighted by Gasteiger charge is 2.09. The molecule has 3 heteroatoms. The van der Waals surface area contributed by atoms with Crippen molar-refractivity contribution < 1.29 is 0 Å². The van der Waals surface area contributed by atoms with Crippen molar-refractivity contribution in [2.24, 2.45) is 0 Å². The molecule has 0 saturated heterocycles. The second-order valence-electron chi connectivity index (χ2n) is 5.06. The number of benzene rings is 2. The maximum Gasteiger partial charge on any atom is 0.225 e. The minimum absolute atomic E-state index is 0.718. The summed E-state index contributed by atoms with van der Waals surface area (Å²) in [5.74, 6) is 0.718. The van der Waals surface area contributed by atoms with E-state index in [-0.39, 0.29) is 0 Å². The summed E-state index contributed by atoms with van der Waals surface area (Å²) in [5, 5.41) is 0. The minimum Gasteiger partial charge on any atom is -0.347 e. The molecule has 3 rings (SSSR count). The van der Waals surface area contributed by atoms with Gasteiger partial charge in [-0.3, -0.25) is 0 Å². The van der Waals surface area contributed by atoms with Crippen LogP contribution in [0.15, 0.2) is 66.7 Å². The van der Waals surface area contributed by atoms with Crippen molar-refractivity contribution in [3.05, 3.63) is 66.7 Å². The van der Waals surface area contributed by atoms with Gasteiger partial charge >= 0.3 is 0 Å². The number of anilines is 1. The first kappa shape index (κ1) is 13.3. The van der Waals surface area contributed by atoms with E-state index in [0.29, 0.717) is 0 Å². The van der Waals surface area contributed by atoms with Crippen LogP contribution in [0.1, 0.15) is 0 Å². The molecule has 0 spiro atoms. The average molecular weight is 275 g/mol. The molecule has 104 valence electrons. The van der Waals surface area contributed by atoms with Crippen LogP contribution in [0.2, 0.25) is 0 Å². The standard InChI is InChI=1S/C18H17N3/c1-21(2)18-19-16(14-9-5-3-6-10-14)13-17(20-18)15-11-7-4-8-12-15/h3-13H,1-2H3. The molecular weight excluding hydrogens is 258 g/mol. The highest BCUT2D eigenvalue weighted by molar-refractivity contribution is 5.69. The van der Waals surface area contributed by atoms with Gasteiger partial charge in [-0.25, -0.2) is 9.97 Å². The highest BCUT2D eigenvalue weighted by atomic mass is 15.2. The predicted octanol–water partition coefficient (Wildman–Crippen LogP) is 3.88. The van der Waals surface area contributed by atoms with Crippen molar-refractivity contribution in [2.75, 3.05) is 19.0 Å². The molecule has 1 aromatic heterocycles. The molecule has 21 heavy (non-hydrogen) atoms. The van der Waals surface area contributed by atoms with Crippen molar-refractivity contribution >= 4 is 5.95 Å². The smallest absolute Gasteiger partial charge is 0.225 e. The van der Waals surface area contributed by atoms with Gasteiger partial charge in [0, 0.05) is 25.2 Å². The molecule has 0 unspecified atom stereocenters. The third-order valence-electron chi connectivity index (χ3n) is 3.25. The van der Waals surface area contributed by atoms with Crippen LogP contribution in [0.4, 0.5) is 5.95 Å². The van der Waals surface area contributed by atoms with Crippen LogP contribution >= 0.6 is 0 Å². The summed E-state index contributed by atoms with van der Waals surface area (Å²) < 4.78 is 0.